The number of carbonyl (C=O) groups is 1. The molecule has 0 saturated heterocycles. The lowest BCUT2D eigenvalue weighted by molar-refractivity contribution is -0.139. The van der Waals surface area contributed by atoms with Crippen molar-refractivity contribution in [1.82, 2.24) is 15.5 Å². The molecule has 42 heavy (non-hydrogen) atoms. The summed E-state index contributed by atoms with van der Waals surface area (Å²) < 4.78 is 58.2. The van der Waals surface area contributed by atoms with Crippen molar-refractivity contribution in [2.45, 2.75) is 59.3 Å². The summed E-state index contributed by atoms with van der Waals surface area (Å²) in [5.41, 5.74) is 1.37. The van der Waals surface area contributed by atoms with Crippen LogP contribution in [0.2, 0.25) is 0 Å². The average molecular weight is 582 g/mol. The predicted molar refractivity (Wildman–Crippen MR) is 161 cm³/mol. The molecule has 0 fully saturated rings. The fourth-order valence-corrected chi connectivity index (χ4v) is 5.01. The second kappa shape index (κ2) is 14.8. The molecule has 2 N–H and O–H groups in total. The van der Waals surface area contributed by atoms with Crippen molar-refractivity contribution < 1.29 is 22.4 Å². The monoisotopic (exact) mass is 581 g/mol. The summed E-state index contributed by atoms with van der Waals surface area (Å²) in [5, 5.41) is 6.35. The number of nitrogens with one attached hydrogen (secondary N) is 2. The smallest absolute Gasteiger partial charge is 0.365 e. The van der Waals surface area contributed by atoms with Crippen molar-refractivity contribution in [3.8, 4) is 0 Å². The molecule has 1 atom stereocenters. The first-order chi connectivity index (χ1) is 20.0. The number of benzene rings is 3. The summed E-state index contributed by atoms with van der Waals surface area (Å²) in [6.07, 6.45) is -2.01. The Morgan fingerprint density at radius 2 is 1.71 bits per heavy atom. The van der Waals surface area contributed by atoms with Gasteiger partial charge in [0.25, 0.3) is 5.91 Å². The highest BCUT2D eigenvalue weighted by Crippen LogP contribution is 2.35. The molecule has 0 bridgehead atoms. The second-order valence-corrected chi connectivity index (χ2v) is 10.2. The van der Waals surface area contributed by atoms with Crippen LogP contribution in [0.5, 0.6) is 0 Å². The zero-order chi connectivity index (χ0) is 30.9. The normalized spacial score (nSPS) is 12.9. The molecule has 0 radical (unpaired) electrons. The highest BCUT2D eigenvalue weighted by atomic mass is 19.4. The van der Waals surface area contributed by atoms with Gasteiger partial charge in [-0.3, -0.25) is 4.79 Å². The van der Waals surface area contributed by atoms with E-state index >= 15 is 4.39 Å². The van der Waals surface area contributed by atoms with Gasteiger partial charge in [0.05, 0.1) is 11.1 Å². The van der Waals surface area contributed by atoms with Crippen molar-refractivity contribution in [1.29, 1.82) is 0 Å². The van der Waals surface area contributed by atoms with Crippen LogP contribution in [0.3, 0.4) is 0 Å². The lowest BCUT2D eigenvalue weighted by Gasteiger charge is -2.32. The van der Waals surface area contributed by atoms with Crippen LogP contribution in [0.25, 0.3) is 5.57 Å². The molecule has 8 heteroatoms. The van der Waals surface area contributed by atoms with E-state index in [-0.39, 0.29) is 35.8 Å². The first-order valence-corrected chi connectivity index (χ1v) is 14.1. The zero-order valence-corrected chi connectivity index (χ0v) is 24.6. The number of halogens is 4. The van der Waals surface area contributed by atoms with E-state index in [2.05, 4.69) is 17.2 Å². The van der Waals surface area contributed by atoms with Gasteiger partial charge in [-0.05, 0) is 67.8 Å². The van der Waals surface area contributed by atoms with Crippen LogP contribution >= 0.6 is 0 Å². The van der Waals surface area contributed by atoms with Gasteiger partial charge in [-0.15, -0.1) is 0 Å². The summed E-state index contributed by atoms with van der Waals surface area (Å²) >= 11 is 0. The molecule has 0 spiro atoms. The average Bonchev–Trinajstić information content (AvgIpc) is 2.96. The van der Waals surface area contributed by atoms with Gasteiger partial charge in [-0.25, -0.2) is 4.39 Å². The van der Waals surface area contributed by atoms with Gasteiger partial charge in [0.1, 0.15) is 5.82 Å². The van der Waals surface area contributed by atoms with E-state index in [1.165, 1.54) is 23.2 Å². The minimum atomic E-state index is -4.62. The van der Waals surface area contributed by atoms with Crippen molar-refractivity contribution in [3.63, 3.8) is 0 Å². The summed E-state index contributed by atoms with van der Waals surface area (Å²) in [6, 6.07) is 17.9. The van der Waals surface area contributed by atoms with Crippen molar-refractivity contribution in [2.75, 3.05) is 13.1 Å². The van der Waals surface area contributed by atoms with Gasteiger partial charge >= 0.3 is 6.18 Å². The third-order valence-electron chi connectivity index (χ3n) is 7.23. The van der Waals surface area contributed by atoms with E-state index in [1.807, 2.05) is 44.2 Å². The Kier molecular flexibility index (Phi) is 11.5. The first kappa shape index (κ1) is 32.6. The summed E-state index contributed by atoms with van der Waals surface area (Å²) in [6.45, 7) is 11.1. The standard InChI is InChI=1S/C34H39F4N3O/c1-6-20-40-30(26-15-10-9-11-16-26)22-41(21-28-23(4)14-12-19-29(28)34(36,37)38)33(42)31(24(5)39-8-3)27-18-13-17-25(7-2)32(27)35/h8-19,30,39-40H,3,6-7,20-22H2,1-2,4-5H3/b31-24-. The molecule has 3 aromatic rings. The Hall–Kier alpha value is -3.91. The van der Waals surface area contributed by atoms with Crippen molar-refractivity contribution in [3.05, 3.63) is 124 Å². The predicted octanol–water partition coefficient (Wildman–Crippen LogP) is 7.95. The maximum atomic E-state index is 15.7. The Morgan fingerprint density at radius 1 is 1.02 bits per heavy atom. The molecule has 3 aromatic carbocycles. The SMILES string of the molecule is C=CN/C(C)=C(\C(=O)N(Cc1c(C)cccc1C(F)(F)F)CC(NCCC)c1ccccc1)c1cccc(CC)c1F. The minimum Gasteiger partial charge on any atom is -0.365 e. The maximum absolute atomic E-state index is 15.7. The molecule has 0 aromatic heterocycles. The van der Waals surface area contributed by atoms with E-state index in [9.17, 15) is 18.0 Å². The fraction of sp³-hybridized carbons (Fsp3) is 0.324. The summed E-state index contributed by atoms with van der Waals surface area (Å²) in [4.78, 5) is 15.9. The van der Waals surface area contributed by atoms with Crippen LogP contribution in [-0.2, 0) is 23.9 Å². The molecule has 0 aliphatic heterocycles. The van der Waals surface area contributed by atoms with E-state index in [1.54, 1.807) is 32.0 Å². The van der Waals surface area contributed by atoms with Crippen LogP contribution in [0.1, 0.15) is 66.6 Å². The van der Waals surface area contributed by atoms with E-state index < -0.39 is 23.5 Å². The van der Waals surface area contributed by atoms with E-state index in [4.69, 9.17) is 0 Å². The van der Waals surface area contributed by atoms with Crippen LogP contribution in [0.4, 0.5) is 17.6 Å². The number of amides is 1. The molecular formula is C34H39F4N3O. The Bertz CT molecular complexity index is 1400. The molecule has 0 saturated carbocycles. The van der Waals surface area contributed by atoms with Gasteiger partial charge in [0.2, 0.25) is 0 Å². The van der Waals surface area contributed by atoms with Gasteiger partial charge in [-0.1, -0.05) is 81.1 Å². The molecular weight excluding hydrogens is 542 g/mol. The highest BCUT2D eigenvalue weighted by molar-refractivity contribution is 6.20. The van der Waals surface area contributed by atoms with Crippen molar-refractivity contribution >= 4 is 11.5 Å². The number of alkyl halides is 3. The van der Waals surface area contributed by atoms with Crippen LogP contribution < -0.4 is 10.6 Å². The quantitative estimate of drug-likeness (QED) is 0.159. The zero-order valence-electron chi connectivity index (χ0n) is 24.6. The fourth-order valence-electron chi connectivity index (χ4n) is 5.01. The highest BCUT2D eigenvalue weighted by Gasteiger charge is 2.36. The number of nitrogens with zero attached hydrogens (tertiary/aromatic N) is 1. The van der Waals surface area contributed by atoms with Crippen molar-refractivity contribution in [2.24, 2.45) is 0 Å². The second-order valence-electron chi connectivity index (χ2n) is 10.2. The van der Waals surface area contributed by atoms with E-state index in [0.717, 1.165) is 18.1 Å². The molecule has 0 aliphatic rings. The Morgan fingerprint density at radius 3 is 2.33 bits per heavy atom. The number of allylic oxidation sites excluding steroid dienone is 1. The van der Waals surface area contributed by atoms with Crippen LogP contribution in [0.15, 0.2) is 85.2 Å². The molecule has 0 heterocycles. The largest absolute Gasteiger partial charge is 0.416 e. The third kappa shape index (κ3) is 7.88. The molecule has 224 valence electrons. The lowest BCUT2D eigenvalue weighted by Crippen LogP contribution is -2.40. The van der Waals surface area contributed by atoms with Gasteiger partial charge in [-0.2, -0.15) is 13.2 Å². The van der Waals surface area contributed by atoms with Gasteiger partial charge in [0, 0.05) is 30.4 Å². The number of aryl methyl sites for hydroxylation is 2. The number of carbonyl (C=O) groups excluding carboxylic acids is 1. The third-order valence-corrected chi connectivity index (χ3v) is 7.23. The minimum absolute atomic E-state index is 0.00267. The van der Waals surface area contributed by atoms with Crippen LogP contribution in [0, 0.1) is 12.7 Å². The Balaban J connectivity index is 2.23. The molecule has 1 amide bonds. The summed E-state index contributed by atoms with van der Waals surface area (Å²) in [5.74, 6) is -1.13. The molecule has 0 aliphatic carbocycles. The van der Waals surface area contributed by atoms with E-state index in [0.29, 0.717) is 29.8 Å². The number of rotatable bonds is 13. The van der Waals surface area contributed by atoms with Gasteiger partial charge in [0.15, 0.2) is 0 Å². The topological polar surface area (TPSA) is 44.4 Å². The number of hydrogen-bond donors (Lipinski definition) is 2. The molecule has 4 nitrogen and oxygen atoms in total. The molecule has 3 rings (SSSR count). The van der Waals surface area contributed by atoms with Crippen LogP contribution in [-0.4, -0.2) is 23.9 Å². The Labute approximate surface area is 246 Å². The van der Waals surface area contributed by atoms with Gasteiger partial charge < -0.3 is 15.5 Å². The number of hydrogen-bond acceptors (Lipinski definition) is 3. The summed E-state index contributed by atoms with van der Waals surface area (Å²) in [7, 11) is 0. The molecule has 1 unspecified atom stereocenters. The first-order valence-electron chi connectivity index (χ1n) is 14.1. The maximum Gasteiger partial charge on any atom is 0.416 e. The lowest BCUT2D eigenvalue weighted by atomic mass is 9.96.